The lowest BCUT2D eigenvalue weighted by atomic mass is 10.1. The van der Waals surface area contributed by atoms with Crippen LogP contribution in [0.1, 0.15) is 11.1 Å². The minimum atomic E-state index is 0.692. The van der Waals surface area contributed by atoms with E-state index in [9.17, 15) is 0 Å². The molecule has 0 aliphatic heterocycles. The average Bonchev–Trinajstić information content (AvgIpc) is 2.87. The van der Waals surface area contributed by atoms with Crippen LogP contribution >= 0.6 is 15.9 Å². The van der Waals surface area contributed by atoms with Crippen molar-refractivity contribution >= 4 is 21.6 Å². The van der Waals surface area contributed by atoms with Crippen LogP contribution in [-0.2, 0) is 0 Å². The van der Waals surface area contributed by atoms with Gasteiger partial charge in [-0.15, -0.1) is 5.10 Å². The highest BCUT2D eigenvalue weighted by atomic mass is 79.9. The molecule has 0 spiro atoms. The van der Waals surface area contributed by atoms with Crippen molar-refractivity contribution in [3.8, 4) is 17.1 Å². The van der Waals surface area contributed by atoms with Crippen LogP contribution in [0.25, 0.3) is 17.1 Å². The normalized spacial score (nSPS) is 10.8. The van der Waals surface area contributed by atoms with Crippen LogP contribution in [0.2, 0.25) is 0 Å². The second-order valence-corrected chi connectivity index (χ2v) is 5.80. The summed E-state index contributed by atoms with van der Waals surface area (Å²) in [5.74, 6) is 0.692. The topological polar surface area (TPSA) is 69.6 Å². The summed E-state index contributed by atoms with van der Waals surface area (Å²) in [6.07, 6.45) is 0. The Morgan fingerprint density at radius 1 is 1.10 bits per heavy atom. The summed E-state index contributed by atoms with van der Waals surface area (Å²) in [6, 6.07) is 11.8. The Bertz CT molecular complexity index is 744. The summed E-state index contributed by atoms with van der Waals surface area (Å²) >= 11 is 3.57. The molecule has 0 amide bonds. The molecule has 2 aromatic carbocycles. The first-order valence-electron chi connectivity index (χ1n) is 6.47. The van der Waals surface area contributed by atoms with E-state index in [2.05, 4.69) is 31.5 Å². The van der Waals surface area contributed by atoms with Crippen molar-refractivity contribution in [2.24, 2.45) is 0 Å². The summed E-state index contributed by atoms with van der Waals surface area (Å²) in [4.78, 5) is 0. The molecule has 0 unspecified atom stereocenters. The van der Waals surface area contributed by atoms with E-state index >= 15 is 0 Å². The van der Waals surface area contributed by atoms with Gasteiger partial charge in [0.2, 0.25) is 0 Å². The van der Waals surface area contributed by atoms with Crippen molar-refractivity contribution in [2.45, 2.75) is 13.8 Å². The first kappa shape index (κ1) is 13.8. The van der Waals surface area contributed by atoms with Gasteiger partial charge in [-0.1, -0.05) is 6.07 Å². The molecule has 5 nitrogen and oxygen atoms in total. The largest absolute Gasteiger partial charge is 0.399 e. The number of nitrogens with zero attached hydrogens (tertiary/aromatic N) is 4. The Morgan fingerprint density at radius 3 is 2.62 bits per heavy atom. The molecule has 0 aliphatic carbocycles. The molecule has 0 saturated heterocycles. The van der Waals surface area contributed by atoms with Gasteiger partial charge < -0.3 is 5.73 Å². The third kappa shape index (κ3) is 2.54. The molecule has 0 atom stereocenters. The van der Waals surface area contributed by atoms with Gasteiger partial charge in [0.05, 0.1) is 5.69 Å². The zero-order valence-electron chi connectivity index (χ0n) is 11.7. The van der Waals surface area contributed by atoms with Crippen molar-refractivity contribution in [3.05, 3.63) is 52.0 Å². The van der Waals surface area contributed by atoms with E-state index in [1.54, 1.807) is 4.68 Å². The highest BCUT2D eigenvalue weighted by Crippen LogP contribution is 2.28. The van der Waals surface area contributed by atoms with Crippen LogP contribution in [-0.4, -0.2) is 20.2 Å². The average molecular weight is 344 g/mol. The van der Waals surface area contributed by atoms with Crippen LogP contribution in [0.4, 0.5) is 5.69 Å². The number of aromatic nitrogens is 4. The number of halogens is 1. The van der Waals surface area contributed by atoms with E-state index in [-0.39, 0.29) is 0 Å². The molecule has 106 valence electrons. The third-order valence-electron chi connectivity index (χ3n) is 3.29. The first-order chi connectivity index (χ1) is 10.1. The lowest BCUT2D eigenvalue weighted by molar-refractivity contribution is 0.788. The fourth-order valence-corrected chi connectivity index (χ4v) is 2.90. The van der Waals surface area contributed by atoms with Crippen molar-refractivity contribution in [1.82, 2.24) is 20.2 Å². The SMILES string of the molecule is Cc1ccc(-n2nnnc2-c2ccc(N)cc2C)c(Br)c1. The summed E-state index contributed by atoms with van der Waals surface area (Å²) < 4.78 is 2.67. The quantitative estimate of drug-likeness (QED) is 0.725. The van der Waals surface area contributed by atoms with Crippen LogP contribution in [0.15, 0.2) is 40.9 Å². The minimum Gasteiger partial charge on any atom is -0.399 e. The number of benzene rings is 2. The van der Waals surface area contributed by atoms with E-state index in [1.165, 1.54) is 5.56 Å². The number of aryl methyl sites for hydroxylation is 2. The fourth-order valence-electron chi connectivity index (χ4n) is 2.24. The molecule has 3 rings (SSSR count). The lowest BCUT2D eigenvalue weighted by Gasteiger charge is -2.09. The van der Waals surface area contributed by atoms with E-state index in [4.69, 9.17) is 5.73 Å². The predicted octanol–water partition coefficient (Wildman–Crippen LogP) is 3.29. The number of tetrazole rings is 1. The van der Waals surface area contributed by atoms with Crippen LogP contribution in [0.3, 0.4) is 0 Å². The zero-order valence-corrected chi connectivity index (χ0v) is 13.3. The van der Waals surface area contributed by atoms with Crippen LogP contribution in [0.5, 0.6) is 0 Å². The van der Waals surface area contributed by atoms with Gasteiger partial charge in [0.15, 0.2) is 5.82 Å². The van der Waals surface area contributed by atoms with Crippen molar-refractivity contribution in [2.75, 3.05) is 5.73 Å². The Hall–Kier alpha value is -2.21. The Kier molecular flexibility index (Phi) is 3.47. The molecule has 0 aliphatic rings. The molecule has 6 heteroatoms. The highest BCUT2D eigenvalue weighted by molar-refractivity contribution is 9.10. The molecule has 0 saturated carbocycles. The summed E-state index contributed by atoms with van der Waals surface area (Å²) in [5.41, 5.74) is 10.6. The number of nitrogen functional groups attached to an aromatic ring is 1. The van der Waals surface area contributed by atoms with E-state index < -0.39 is 0 Å². The Morgan fingerprint density at radius 2 is 1.90 bits per heavy atom. The van der Waals surface area contributed by atoms with Crippen molar-refractivity contribution < 1.29 is 0 Å². The standard InChI is InChI=1S/C15H14BrN5/c1-9-3-6-14(13(16)7-9)21-15(18-19-20-21)12-5-4-11(17)8-10(12)2/h3-8H,17H2,1-2H3. The van der Waals surface area contributed by atoms with E-state index in [0.29, 0.717) is 5.82 Å². The zero-order chi connectivity index (χ0) is 15.0. The maximum absolute atomic E-state index is 5.80. The minimum absolute atomic E-state index is 0.692. The van der Waals surface area contributed by atoms with Gasteiger partial charge in [-0.3, -0.25) is 0 Å². The van der Waals surface area contributed by atoms with E-state index in [1.807, 2.05) is 50.2 Å². The molecular weight excluding hydrogens is 330 g/mol. The van der Waals surface area contributed by atoms with Gasteiger partial charge >= 0.3 is 0 Å². The van der Waals surface area contributed by atoms with Crippen LogP contribution < -0.4 is 5.73 Å². The first-order valence-corrected chi connectivity index (χ1v) is 7.27. The van der Waals surface area contributed by atoms with Crippen molar-refractivity contribution in [3.63, 3.8) is 0 Å². The second kappa shape index (κ2) is 5.29. The van der Waals surface area contributed by atoms with Crippen molar-refractivity contribution in [1.29, 1.82) is 0 Å². The lowest BCUT2D eigenvalue weighted by Crippen LogP contribution is -2.02. The second-order valence-electron chi connectivity index (χ2n) is 4.94. The molecule has 21 heavy (non-hydrogen) atoms. The van der Waals surface area contributed by atoms with Gasteiger partial charge in [-0.2, -0.15) is 4.68 Å². The molecule has 0 radical (unpaired) electrons. The van der Waals surface area contributed by atoms with Gasteiger partial charge in [-0.05, 0) is 81.7 Å². The maximum Gasteiger partial charge on any atom is 0.187 e. The highest BCUT2D eigenvalue weighted by Gasteiger charge is 2.15. The molecule has 1 aromatic heterocycles. The molecule has 0 fully saturated rings. The molecule has 2 N–H and O–H groups in total. The maximum atomic E-state index is 5.80. The molecule has 0 bridgehead atoms. The number of nitrogens with two attached hydrogens (primary N) is 1. The van der Waals surface area contributed by atoms with Gasteiger partial charge in [0.1, 0.15) is 0 Å². The smallest absolute Gasteiger partial charge is 0.187 e. The van der Waals surface area contributed by atoms with Gasteiger partial charge in [0, 0.05) is 15.7 Å². The number of rotatable bonds is 2. The van der Waals surface area contributed by atoms with E-state index in [0.717, 1.165) is 27.0 Å². The third-order valence-corrected chi connectivity index (χ3v) is 3.93. The fraction of sp³-hybridized carbons (Fsp3) is 0.133. The van der Waals surface area contributed by atoms with Gasteiger partial charge in [-0.25, -0.2) is 0 Å². The monoisotopic (exact) mass is 343 g/mol. The Balaban J connectivity index is 2.17. The summed E-state index contributed by atoms with van der Waals surface area (Å²) in [5, 5.41) is 12.1. The number of hydrogen-bond donors (Lipinski definition) is 1. The molecule has 3 aromatic rings. The predicted molar refractivity (Wildman–Crippen MR) is 86.2 cm³/mol. The summed E-state index contributed by atoms with van der Waals surface area (Å²) in [7, 11) is 0. The summed E-state index contributed by atoms with van der Waals surface area (Å²) in [6.45, 7) is 4.04. The molecular formula is C15H14BrN5. The Labute approximate surface area is 130 Å². The number of hydrogen-bond acceptors (Lipinski definition) is 4. The van der Waals surface area contributed by atoms with Gasteiger partial charge in [0.25, 0.3) is 0 Å². The number of anilines is 1. The van der Waals surface area contributed by atoms with Crippen LogP contribution in [0, 0.1) is 13.8 Å². The molecule has 1 heterocycles.